The second-order valence-corrected chi connectivity index (χ2v) is 5.96. The third-order valence-electron chi connectivity index (χ3n) is 3.94. The van der Waals surface area contributed by atoms with Crippen LogP contribution < -0.4 is 11.1 Å². The van der Waals surface area contributed by atoms with Crippen LogP contribution in [-0.4, -0.2) is 48.7 Å². The molecule has 0 amide bonds. The molecule has 0 aromatic heterocycles. The van der Waals surface area contributed by atoms with Gasteiger partial charge in [0.1, 0.15) is 5.84 Å². The van der Waals surface area contributed by atoms with E-state index < -0.39 is 0 Å². The first-order chi connectivity index (χ1) is 8.85. The van der Waals surface area contributed by atoms with Crippen LogP contribution in [0.2, 0.25) is 0 Å². The van der Waals surface area contributed by atoms with Gasteiger partial charge in [0.2, 0.25) is 0 Å². The Labute approximate surface area is 118 Å². The lowest BCUT2D eigenvalue weighted by Crippen LogP contribution is -2.36. The quantitative estimate of drug-likeness (QED) is 0.187. The van der Waals surface area contributed by atoms with Crippen molar-refractivity contribution < 1.29 is 5.21 Å². The van der Waals surface area contributed by atoms with Crippen LogP contribution in [0, 0.1) is 5.41 Å². The standard InChI is InChI=1S/C14H32N4O/c1-6-12(2)18(5)11-10-16-9-7-8-14(3,4)13(15)17-19/h12,16,19H,6-11H2,1-5H3,(H2,15,17). The topological polar surface area (TPSA) is 73.9 Å². The summed E-state index contributed by atoms with van der Waals surface area (Å²) in [6, 6.07) is 0.640. The monoisotopic (exact) mass is 272 g/mol. The largest absolute Gasteiger partial charge is 0.409 e. The lowest BCUT2D eigenvalue weighted by atomic mass is 9.86. The summed E-state index contributed by atoms with van der Waals surface area (Å²) in [5.74, 6) is 0.309. The fourth-order valence-electron chi connectivity index (χ4n) is 1.83. The van der Waals surface area contributed by atoms with E-state index in [9.17, 15) is 0 Å². The normalized spacial score (nSPS) is 14.9. The van der Waals surface area contributed by atoms with E-state index in [4.69, 9.17) is 10.9 Å². The van der Waals surface area contributed by atoms with Crippen molar-refractivity contribution >= 4 is 5.84 Å². The molecule has 5 nitrogen and oxygen atoms in total. The molecular weight excluding hydrogens is 240 g/mol. The van der Waals surface area contributed by atoms with Crippen LogP contribution in [0.5, 0.6) is 0 Å². The SMILES string of the molecule is CCC(C)N(C)CCNCCCC(C)(C)C(N)=NO. The van der Waals surface area contributed by atoms with Gasteiger partial charge in [-0.05, 0) is 39.8 Å². The average molecular weight is 272 g/mol. The smallest absolute Gasteiger partial charge is 0.144 e. The molecule has 0 aromatic carbocycles. The van der Waals surface area contributed by atoms with Gasteiger partial charge in [-0.2, -0.15) is 0 Å². The molecule has 0 heterocycles. The number of hydrogen-bond acceptors (Lipinski definition) is 4. The molecule has 0 spiro atoms. The zero-order valence-electron chi connectivity index (χ0n) is 13.2. The van der Waals surface area contributed by atoms with Crippen LogP contribution in [0.25, 0.3) is 0 Å². The van der Waals surface area contributed by atoms with E-state index >= 15 is 0 Å². The van der Waals surface area contributed by atoms with Gasteiger partial charge >= 0.3 is 0 Å². The van der Waals surface area contributed by atoms with E-state index in [1.54, 1.807) is 0 Å². The van der Waals surface area contributed by atoms with Crippen LogP contribution in [0.1, 0.15) is 47.0 Å². The summed E-state index contributed by atoms with van der Waals surface area (Å²) in [7, 11) is 2.16. The maximum Gasteiger partial charge on any atom is 0.144 e. The number of hydrogen-bond donors (Lipinski definition) is 3. The van der Waals surface area contributed by atoms with E-state index in [1.165, 1.54) is 6.42 Å². The molecule has 0 bridgehead atoms. The zero-order chi connectivity index (χ0) is 14.9. The predicted molar refractivity (Wildman–Crippen MR) is 81.7 cm³/mol. The summed E-state index contributed by atoms with van der Waals surface area (Å²) >= 11 is 0. The first-order valence-electron chi connectivity index (χ1n) is 7.24. The molecule has 0 aliphatic rings. The highest BCUT2D eigenvalue weighted by Crippen LogP contribution is 2.21. The third kappa shape index (κ3) is 7.38. The fraction of sp³-hybridized carbons (Fsp3) is 0.929. The van der Waals surface area contributed by atoms with E-state index in [0.29, 0.717) is 11.9 Å². The van der Waals surface area contributed by atoms with Crippen molar-refractivity contribution in [3.05, 3.63) is 0 Å². The van der Waals surface area contributed by atoms with Crippen molar-refractivity contribution in [3.63, 3.8) is 0 Å². The summed E-state index contributed by atoms with van der Waals surface area (Å²) in [5, 5.41) is 15.2. The van der Waals surface area contributed by atoms with Crippen molar-refractivity contribution in [1.29, 1.82) is 0 Å². The number of amidine groups is 1. The second kappa shape index (κ2) is 9.15. The summed E-state index contributed by atoms with van der Waals surface area (Å²) in [6.07, 6.45) is 3.12. The first kappa shape index (κ1) is 18.2. The van der Waals surface area contributed by atoms with Crippen LogP contribution in [0.4, 0.5) is 0 Å². The predicted octanol–water partition coefficient (Wildman–Crippen LogP) is 1.86. The molecule has 0 saturated carbocycles. The number of oxime groups is 1. The molecule has 0 rings (SSSR count). The summed E-state index contributed by atoms with van der Waals surface area (Å²) < 4.78 is 0. The molecule has 0 aliphatic heterocycles. The van der Waals surface area contributed by atoms with Crippen LogP contribution in [-0.2, 0) is 0 Å². The average Bonchev–Trinajstić information content (AvgIpc) is 2.40. The highest BCUT2D eigenvalue weighted by atomic mass is 16.4. The maximum absolute atomic E-state index is 8.69. The Bertz CT molecular complexity index is 266. The highest BCUT2D eigenvalue weighted by Gasteiger charge is 2.22. The van der Waals surface area contributed by atoms with Crippen molar-refractivity contribution in [2.75, 3.05) is 26.7 Å². The minimum absolute atomic E-state index is 0.232. The van der Waals surface area contributed by atoms with E-state index in [2.05, 4.69) is 36.3 Å². The number of rotatable bonds is 10. The molecule has 0 fully saturated rings. The molecule has 19 heavy (non-hydrogen) atoms. The Morgan fingerprint density at radius 3 is 2.58 bits per heavy atom. The van der Waals surface area contributed by atoms with Crippen LogP contribution >= 0.6 is 0 Å². The van der Waals surface area contributed by atoms with Gasteiger partial charge in [-0.15, -0.1) is 0 Å². The first-order valence-corrected chi connectivity index (χ1v) is 7.24. The molecular formula is C14H32N4O. The molecule has 0 aliphatic carbocycles. The van der Waals surface area contributed by atoms with E-state index in [-0.39, 0.29) is 5.41 Å². The molecule has 114 valence electrons. The number of likely N-dealkylation sites (N-methyl/N-ethyl adjacent to an activating group) is 1. The minimum atomic E-state index is -0.232. The minimum Gasteiger partial charge on any atom is -0.409 e. The molecule has 0 radical (unpaired) electrons. The van der Waals surface area contributed by atoms with Gasteiger partial charge < -0.3 is 21.2 Å². The zero-order valence-corrected chi connectivity index (χ0v) is 13.2. The Hall–Kier alpha value is -0.810. The summed E-state index contributed by atoms with van der Waals surface area (Å²) in [4.78, 5) is 2.37. The Balaban J connectivity index is 3.66. The lowest BCUT2D eigenvalue weighted by Gasteiger charge is -2.24. The van der Waals surface area contributed by atoms with E-state index in [0.717, 1.165) is 32.5 Å². The van der Waals surface area contributed by atoms with Crippen molar-refractivity contribution in [2.24, 2.45) is 16.3 Å². The van der Waals surface area contributed by atoms with Gasteiger partial charge in [-0.25, -0.2) is 0 Å². The van der Waals surface area contributed by atoms with Gasteiger partial charge in [-0.1, -0.05) is 25.9 Å². The van der Waals surface area contributed by atoms with Crippen molar-refractivity contribution in [2.45, 2.75) is 53.0 Å². The van der Waals surface area contributed by atoms with Gasteiger partial charge in [0, 0.05) is 24.5 Å². The summed E-state index contributed by atoms with van der Waals surface area (Å²) in [5.41, 5.74) is 5.42. The molecule has 0 saturated heterocycles. The maximum atomic E-state index is 8.69. The molecule has 1 unspecified atom stereocenters. The lowest BCUT2D eigenvalue weighted by molar-refractivity contribution is 0.251. The number of nitrogens with two attached hydrogens (primary N) is 1. The summed E-state index contributed by atoms with van der Waals surface area (Å²) in [6.45, 7) is 11.5. The number of nitrogens with one attached hydrogen (secondary N) is 1. The van der Waals surface area contributed by atoms with Crippen LogP contribution in [0.15, 0.2) is 5.16 Å². The fourth-order valence-corrected chi connectivity index (χ4v) is 1.83. The van der Waals surface area contributed by atoms with E-state index in [1.807, 2.05) is 13.8 Å². The molecule has 4 N–H and O–H groups in total. The third-order valence-corrected chi connectivity index (χ3v) is 3.94. The molecule has 5 heteroatoms. The van der Waals surface area contributed by atoms with Gasteiger partial charge in [0.05, 0.1) is 0 Å². The van der Waals surface area contributed by atoms with Crippen molar-refractivity contribution in [3.8, 4) is 0 Å². The Morgan fingerprint density at radius 2 is 2.05 bits per heavy atom. The van der Waals surface area contributed by atoms with Gasteiger partial charge in [-0.3, -0.25) is 0 Å². The number of nitrogens with zero attached hydrogens (tertiary/aromatic N) is 2. The molecule has 0 aromatic rings. The Morgan fingerprint density at radius 1 is 1.42 bits per heavy atom. The van der Waals surface area contributed by atoms with Gasteiger partial charge in [0.25, 0.3) is 0 Å². The van der Waals surface area contributed by atoms with Crippen LogP contribution in [0.3, 0.4) is 0 Å². The highest BCUT2D eigenvalue weighted by molar-refractivity contribution is 5.85. The van der Waals surface area contributed by atoms with Gasteiger partial charge in [0.15, 0.2) is 0 Å². The molecule has 1 atom stereocenters. The van der Waals surface area contributed by atoms with Crippen molar-refractivity contribution in [1.82, 2.24) is 10.2 Å². The second-order valence-electron chi connectivity index (χ2n) is 5.96. The Kier molecular flexibility index (Phi) is 8.76.